The molecule has 0 saturated carbocycles. The van der Waals surface area contributed by atoms with Gasteiger partial charge < -0.3 is 0 Å². The molecule has 2 aromatic carbocycles. The summed E-state index contributed by atoms with van der Waals surface area (Å²) in [6, 6.07) is 5.72. The Labute approximate surface area is 390 Å². The number of fused-ring (bicyclic) bond motifs is 4. The second-order valence-corrected chi connectivity index (χ2v) is 38.6. The minimum Gasteiger partial charge on any atom is -0.0969 e. The van der Waals surface area contributed by atoms with Gasteiger partial charge in [-0.2, -0.15) is 0 Å². The van der Waals surface area contributed by atoms with E-state index in [4.69, 9.17) is 30.6 Å². The molecule has 0 amide bonds. The van der Waals surface area contributed by atoms with Crippen LogP contribution in [0.1, 0.15) is 284 Å². The molecule has 0 unspecified atom stereocenters. The molecule has 0 heterocycles. The van der Waals surface area contributed by atoms with Crippen molar-refractivity contribution in [1.29, 1.82) is 0 Å². The van der Waals surface area contributed by atoms with Crippen molar-refractivity contribution in [2.24, 2.45) is 0 Å². The van der Waals surface area contributed by atoms with E-state index in [2.05, 4.69) is 123 Å². The highest BCUT2D eigenvalue weighted by molar-refractivity contribution is 9.31. The van der Waals surface area contributed by atoms with E-state index in [-0.39, 0.29) is 43.3 Å². The lowest BCUT2D eigenvalue weighted by atomic mass is 9.69. The van der Waals surface area contributed by atoms with Gasteiger partial charge in [0.2, 0.25) is 0 Å². The van der Waals surface area contributed by atoms with Gasteiger partial charge in [0, 0.05) is 0 Å². The summed E-state index contributed by atoms with van der Waals surface area (Å²) in [4.78, 5) is 0. The van der Waals surface area contributed by atoms with Crippen molar-refractivity contribution < 1.29 is 0 Å². The molecule has 2 aromatic rings. The van der Waals surface area contributed by atoms with Gasteiger partial charge in [-0.15, -0.1) is 0 Å². The lowest BCUT2D eigenvalue weighted by Gasteiger charge is -2.39. The molecule has 0 aromatic heterocycles. The first kappa shape index (κ1) is 49.3. The molecule has 0 bridgehead atoms. The highest BCUT2D eigenvalue weighted by Gasteiger charge is 2.57. The first-order valence-electron chi connectivity index (χ1n) is 25.6. The van der Waals surface area contributed by atoms with Crippen LogP contribution < -0.4 is 10.4 Å². The van der Waals surface area contributed by atoms with Crippen LogP contribution in [0.2, 0.25) is 0 Å². The van der Waals surface area contributed by atoms with Gasteiger partial charge in [-0.05, 0) is 175 Å². The molecule has 0 fully saturated rings. The van der Waals surface area contributed by atoms with Gasteiger partial charge in [0.15, 0.2) is 0 Å². The Morgan fingerprint density at radius 1 is 0.350 bits per heavy atom. The molecule has 0 atom stereocenters. The monoisotopic (exact) mass is 976 g/mol. The Morgan fingerprint density at radius 3 is 0.667 bits per heavy atom. The topological polar surface area (TPSA) is 0 Å². The molecule has 0 radical (unpaired) electrons. The summed E-state index contributed by atoms with van der Waals surface area (Å²) in [5, 5.41) is 3.79. The van der Waals surface area contributed by atoms with Crippen molar-refractivity contribution in [1.82, 2.24) is 0 Å². The van der Waals surface area contributed by atoms with Crippen LogP contribution in [0, 0.1) is 0 Å². The normalized spacial score (nSPS) is 23.0. The van der Waals surface area contributed by atoms with Gasteiger partial charge >= 0.3 is 0 Å². The summed E-state index contributed by atoms with van der Waals surface area (Å²) in [5.41, 5.74) is 16.1. The maximum atomic E-state index is 5.08. The molecule has 0 N–H and O–H groups in total. The van der Waals surface area contributed by atoms with Crippen LogP contribution in [0.3, 0.4) is 0 Å². The maximum absolute atomic E-state index is 5.08. The minimum absolute atomic E-state index is 0.173. The lowest BCUT2D eigenvalue weighted by molar-refractivity contribution is 0.297. The summed E-state index contributed by atoms with van der Waals surface area (Å²) in [7, 11) is 0. The van der Waals surface area contributed by atoms with Gasteiger partial charge in [0.1, 0.15) is 13.0 Å². The van der Waals surface area contributed by atoms with Crippen molar-refractivity contribution in [3.63, 3.8) is 0 Å². The van der Waals surface area contributed by atoms with Crippen LogP contribution >= 0.6 is 30.6 Å². The summed E-state index contributed by atoms with van der Waals surface area (Å²) >= 11 is 10.2. The van der Waals surface area contributed by atoms with Crippen LogP contribution in [0.15, 0.2) is 12.1 Å². The number of benzene rings is 2. The second kappa shape index (κ2) is 17.6. The van der Waals surface area contributed by atoms with E-state index in [1.54, 1.807) is 22.3 Å². The first-order chi connectivity index (χ1) is 28.1. The second-order valence-electron chi connectivity index (χ2n) is 24.2. The Hall–Kier alpha value is -0.166. The third-order valence-corrected chi connectivity index (χ3v) is 36.5. The minimum atomic E-state index is -1.30. The zero-order chi connectivity index (χ0) is 44.5. The fourth-order valence-corrected chi connectivity index (χ4v) is 28.2. The predicted octanol–water partition coefficient (Wildman–Crippen LogP) is 16.7. The van der Waals surface area contributed by atoms with Crippen molar-refractivity contribution in [3.8, 4) is 0 Å². The van der Waals surface area contributed by atoms with Gasteiger partial charge in [-0.1, -0.05) is 205 Å². The third-order valence-electron chi connectivity index (χ3n) is 17.3. The standard InChI is InChI=1S/C56H90Br2Si2/c1-17-25-53(26-18-2)35-49(9,10)39-33-40-44(54(27-19-3,28-20-4)36-50(40,11)12)47(43(39)53)59(57)60(58)48-45-41(51(13,14)37-55(45,29-21-5)30-22-6)34-42-46(48)56(31-23-7,32-24-8)38-52(42,15)16/h33-34H,17-32,35-38H2,1-16H3/b60-59+. The van der Waals surface area contributed by atoms with E-state index in [0.29, 0.717) is 0 Å². The molecule has 4 aliphatic carbocycles. The molecular formula is C56H90Br2Si2. The molecule has 60 heavy (non-hydrogen) atoms. The molecule has 336 valence electrons. The Balaban J connectivity index is 1.92. The van der Waals surface area contributed by atoms with Crippen molar-refractivity contribution in [2.45, 2.75) is 283 Å². The summed E-state index contributed by atoms with van der Waals surface area (Å²) in [6.45, 7) is 38.4. The van der Waals surface area contributed by atoms with Crippen LogP contribution in [0.25, 0.3) is 0 Å². The average Bonchev–Trinajstić information content (AvgIpc) is 3.70. The molecule has 4 aliphatic rings. The van der Waals surface area contributed by atoms with Crippen LogP contribution in [0.4, 0.5) is 0 Å². The van der Waals surface area contributed by atoms with E-state index in [9.17, 15) is 0 Å². The Kier molecular flexibility index (Phi) is 14.4. The molecule has 0 spiro atoms. The number of halogens is 2. The largest absolute Gasteiger partial charge is 0.123 e. The lowest BCUT2D eigenvalue weighted by Crippen LogP contribution is -2.47. The average molecular weight is 979 g/mol. The fraction of sp³-hybridized carbons (Fsp3) is 0.786. The molecule has 6 rings (SSSR count). The maximum Gasteiger partial charge on any atom is 0.123 e. The molecule has 0 saturated heterocycles. The van der Waals surface area contributed by atoms with Crippen molar-refractivity contribution >= 4 is 54.0 Å². The van der Waals surface area contributed by atoms with Gasteiger partial charge in [0.25, 0.3) is 0 Å². The van der Waals surface area contributed by atoms with Gasteiger partial charge in [0.05, 0.1) is 0 Å². The molecule has 0 nitrogen and oxygen atoms in total. The van der Waals surface area contributed by atoms with Gasteiger partial charge in [-0.25, -0.2) is 0 Å². The number of hydrogen-bond acceptors (Lipinski definition) is 0. The predicted molar refractivity (Wildman–Crippen MR) is 278 cm³/mol. The molecule has 4 heteroatoms. The zero-order valence-corrected chi connectivity index (χ0v) is 47.2. The Morgan fingerprint density at radius 2 is 0.517 bits per heavy atom. The summed E-state index contributed by atoms with van der Waals surface area (Å²) < 4.78 is 0. The molecular weight excluding hydrogens is 889 g/mol. The Bertz CT molecular complexity index is 1670. The third kappa shape index (κ3) is 7.69. The highest BCUT2D eigenvalue weighted by atomic mass is 79.9. The van der Waals surface area contributed by atoms with Crippen LogP contribution in [0.5, 0.6) is 0 Å². The fourth-order valence-electron chi connectivity index (χ4n) is 16.5. The van der Waals surface area contributed by atoms with Gasteiger partial charge in [-0.3, -0.25) is 0 Å². The van der Waals surface area contributed by atoms with E-state index in [1.807, 2.05) is 32.6 Å². The number of rotatable bonds is 18. The summed E-state index contributed by atoms with van der Waals surface area (Å²) in [6.07, 6.45) is 25.9. The zero-order valence-electron chi connectivity index (χ0n) is 42.1. The smallest absolute Gasteiger partial charge is 0.0969 e. The van der Waals surface area contributed by atoms with Crippen LogP contribution in [-0.4, -0.2) is 13.0 Å². The van der Waals surface area contributed by atoms with Crippen molar-refractivity contribution in [3.05, 3.63) is 56.6 Å². The van der Waals surface area contributed by atoms with E-state index in [1.165, 1.54) is 128 Å². The highest BCUT2D eigenvalue weighted by Crippen LogP contribution is 2.62. The SMILES string of the molecule is CCCC1(CCC)CC(C)(C)c2cc3c(c(/[Si](Br)=[Si](\Br)c4c5c(cc6c4C(CCC)(CCC)CC6(C)C)C(C)(C)CC5(CCC)CCC)c21)C(CCC)(CCC)CC3(C)C. The first-order valence-corrected chi connectivity index (χ1v) is 34.1. The van der Waals surface area contributed by atoms with E-state index < -0.39 is 13.0 Å². The number of hydrogen-bond donors (Lipinski definition) is 0. The van der Waals surface area contributed by atoms with Crippen molar-refractivity contribution in [2.75, 3.05) is 0 Å². The van der Waals surface area contributed by atoms with E-state index >= 15 is 0 Å². The van der Waals surface area contributed by atoms with E-state index in [0.717, 1.165) is 0 Å². The molecule has 0 aliphatic heterocycles. The summed E-state index contributed by atoms with van der Waals surface area (Å²) in [5.74, 6) is 0. The van der Waals surface area contributed by atoms with Crippen LogP contribution in [-0.2, 0) is 43.3 Å². The quantitative estimate of drug-likeness (QED) is 0.103.